The molecule has 0 fully saturated rings. The van der Waals surface area contributed by atoms with Gasteiger partial charge in [-0.1, -0.05) is 31.2 Å². The first-order valence-corrected chi connectivity index (χ1v) is 11.8. The average Bonchev–Trinajstić information content (AvgIpc) is 3.32. The van der Waals surface area contributed by atoms with Crippen LogP contribution >= 0.6 is 11.8 Å². The van der Waals surface area contributed by atoms with Crippen LogP contribution in [0, 0.1) is 5.82 Å². The third-order valence-electron chi connectivity index (χ3n) is 4.98. The van der Waals surface area contributed by atoms with Crippen LogP contribution in [0.4, 0.5) is 4.39 Å². The lowest BCUT2D eigenvalue weighted by Crippen LogP contribution is -2.41. The van der Waals surface area contributed by atoms with Crippen LogP contribution in [0.1, 0.15) is 34.8 Å². The number of thioether (sulfide) groups is 1. The largest absolute Gasteiger partial charge is 0.480 e. The third kappa shape index (κ3) is 7.32. The Hall–Kier alpha value is -3.39. The van der Waals surface area contributed by atoms with Crippen LogP contribution in [0.25, 0.3) is 11.6 Å². The second-order valence-electron chi connectivity index (χ2n) is 7.39. The van der Waals surface area contributed by atoms with E-state index >= 15 is 0 Å². The van der Waals surface area contributed by atoms with Gasteiger partial charge in [-0.15, -0.1) is 0 Å². The molecule has 2 aromatic carbocycles. The van der Waals surface area contributed by atoms with Gasteiger partial charge in [0.15, 0.2) is 0 Å². The number of imidazole rings is 1. The van der Waals surface area contributed by atoms with E-state index in [2.05, 4.69) is 10.3 Å². The van der Waals surface area contributed by atoms with Gasteiger partial charge in [0.25, 0.3) is 5.91 Å². The summed E-state index contributed by atoms with van der Waals surface area (Å²) >= 11 is 1.63. The maximum atomic E-state index is 13.4. The number of halogens is 1. The monoisotopic (exact) mass is 467 g/mol. The summed E-state index contributed by atoms with van der Waals surface area (Å²) in [7, 11) is 0. The van der Waals surface area contributed by atoms with Gasteiger partial charge >= 0.3 is 5.97 Å². The molecule has 1 heterocycles. The summed E-state index contributed by atoms with van der Waals surface area (Å²) in [5, 5.41) is 12.1. The summed E-state index contributed by atoms with van der Waals surface area (Å²) < 4.78 is 15.3. The van der Waals surface area contributed by atoms with Gasteiger partial charge in [0.1, 0.15) is 11.9 Å². The zero-order valence-electron chi connectivity index (χ0n) is 18.3. The van der Waals surface area contributed by atoms with E-state index in [4.69, 9.17) is 0 Å². The van der Waals surface area contributed by atoms with Gasteiger partial charge in [-0.3, -0.25) is 4.79 Å². The molecule has 1 atom stereocenters. The fourth-order valence-corrected chi connectivity index (χ4v) is 3.97. The molecule has 3 aromatic rings. The number of carboxylic acid groups (broad SMARTS) is 1. The molecule has 6 nitrogen and oxygen atoms in total. The van der Waals surface area contributed by atoms with Crippen molar-refractivity contribution < 1.29 is 19.1 Å². The lowest BCUT2D eigenvalue weighted by molar-refractivity contribution is -0.139. The molecule has 0 saturated carbocycles. The van der Waals surface area contributed by atoms with Crippen molar-refractivity contribution >= 4 is 35.3 Å². The lowest BCUT2D eigenvalue weighted by atomic mass is 10.0. The van der Waals surface area contributed by atoms with E-state index in [1.165, 1.54) is 12.1 Å². The number of carbonyl (C=O) groups is 2. The number of aliphatic carboxylic acids is 1. The quantitative estimate of drug-likeness (QED) is 0.318. The van der Waals surface area contributed by atoms with Gasteiger partial charge in [0.05, 0.1) is 6.33 Å². The maximum Gasteiger partial charge on any atom is 0.326 e. The number of amides is 1. The Morgan fingerprint density at radius 3 is 2.67 bits per heavy atom. The van der Waals surface area contributed by atoms with E-state index < -0.39 is 17.9 Å². The fraction of sp³-hybridized carbons (Fsp3) is 0.240. The van der Waals surface area contributed by atoms with Crippen LogP contribution in [0.3, 0.4) is 0 Å². The minimum atomic E-state index is -1.05. The SMILES string of the molecule is CCSCC[C@H](NC(=O)c1cccc(/C=C(/Cn2ccnc2)c2ccc(F)cc2)c1)C(=O)O. The first-order chi connectivity index (χ1) is 16.0. The zero-order chi connectivity index (χ0) is 23.6. The summed E-state index contributed by atoms with van der Waals surface area (Å²) in [5.74, 6) is -0.243. The minimum absolute atomic E-state index is 0.315. The molecule has 0 aliphatic carbocycles. The highest BCUT2D eigenvalue weighted by Gasteiger charge is 2.20. The van der Waals surface area contributed by atoms with Crippen molar-refractivity contribution in [2.75, 3.05) is 11.5 Å². The fourth-order valence-electron chi connectivity index (χ4n) is 3.28. The predicted octanol–water partition coefficient (Wildman–Crippen LogP) is 4.59. The highest BCUT2D eigenvalue weighted by atomic mass is 32.2. The molecule has 172 valence electrons. The van der Waals surface area contributed by atoms with Crippen LogP contribution in [0.2, 0.25) is 0 Å². The number of nitrogens with one attached hydrogen (secondary N) is 1. The highest BCUT2D eigenvalue weighted by Crippen LogP contribution is 2.22. The number of carbonyl (C=O) groups excluding carboxylic acids is 1. The van der Waals surface area contributed by atoms with Gasteiger partial charge < -0.3 is 15.0 Å². The van der Waals surface area contributed by atoms with Gasteiger partial charge in [-0.05, 0) is 65.0 Å². The molecule has 3 rings (SSSR count). The van der Waals surface area contributed by atoms with Crippen molar-refractivity contribution in [3.8, 4) is 0 Å². The van der Waals surface area contributed by atoms with E-state index in [1.807, 2.05) is 29.8 Å². The van der Waals surface area contributed by atoms with Crippen LogP contribution in [0.5, 0.6) is 0 Å². The van der Waals surface area contributed by atoms with Gasteiger partial charge in [-0.25, -0.2) is 14.2 Å². The number of nitrogens with zero attached hydrogens (tertiary/aromatic N) is 2. The molecule has 0 bridgehead atoms. The van der Waals surface area contributed by atoms with Gasteiger partial charge in [0, 0.05) is 24.5 Å². The zero-order valence-corrected chi connectivity index (χ0v) is 19.1. The topological polar surface area (TPSA) is 84.2 Å². The Kier molecular flexibility index (Phi) is 8.83. The van der Waals surface area contributed by atoms with Crippen LogP contribution in [0.15, 0.2) is 67.3 Å². The number of allylic oxidation sites excluding steroid dienone is 1. The van der Waals surface area contributed by atoms with Crippen molar-refractivity contribution in [2.45, 2.75) is 25.9 Å². The van der Waals surface area contributed by atoms with E-state index in [9.17, 15) is 19.1 Å². The standard InChI is InChI=1S/C25H26FN3O3S/c1-2-33-13-10-23(25(31)32)28-24(30)20-5-3-4-18(14-20)15-21(16-29-12-11-27-17-29)19-6-8-22(26)9-7-19/h3-9,11-12,14-15,17,23H,2,10,13,16H2,1H3,(H,28,30)(H,31,32)/b21-15-/t23-/m0/s1. The minimum Gasteiger partial charge on any atom is -0.480 e. The lowest BCUT2D eigenvalue weighted by Gasteiger charge is -2.14. The molecule has 0 aliphatic heterocycles. The first-order valence-electron chi connectivity index (χ1n) is 10.6. The second kappa shape index (κ2) is 12.0. The number of hydrogen-bond donors (Lipinski definition) is 2. The molecule has 1 aromatic heterocycles. The summed E-state index contributed by atoms with van der Waals surface area (Å²) in [4.78, 5) is 28.3. The molecule has 33 heavy (non-hydrogen) atoms. The molecular weight excluding hydrogens is 441 g/mol. The Morgan fingerprint density at radius 2 is 2.00 bits per heavy atom. The van der Waals surface area contributed by atoms with Crippen molar-refractivity contribution in [2.24, 2.45) is 0 Å². The number of hydrogen-bond acceptors (Lipinski definition) is 4. The van der Waals surface area contributed by atoms with Crippen molar-refractivity contribution in [1.82, 2.24) is 14.9 Å². The molecule has 0 radical (unpaired) electrons. The van der Waals surface area contributed by atoms with Gasteiger partial charge in [-0.2, -0.15) is 11.8 Å². The number of aromatic nitrogens is 2. The highest BCUT2D eigenvalue weighted by molar-refractivity contribution is 7.99. The molecule has 0 saturated heterocycles. The first kappa shape index (κ1) is 24.3. The van der Waals surface area contributed by atoms with E-state index in [0.29, 0.717) is 24.3 Å². The summed E-state index contributed by atoms with van der Waals surface area (Å²) in [5.41, 5.74) is 2.90. The molecular formula is C25H26FN3O3S. The smallest absolute Gasteiger partial charge is 0.326 e. The van der Waals surface area contributed by atoms with Crippen molar-refractivity contribution in [1.29, 1.82) is 0 Å². The Labute approximate surface area is 196 Å². The van der Waals surface area contributed by atoms with E-state index in [1.54, 1.807) is 54.6 Å². The molecule has 8 heteroatoms. The summed E-state index contributed by atoms with van der Waals surface area (Å²) in [6.45, 7) is 2.52. The Morgan fingerprint density at radius 1 is 1.21 bits per heavy atom. The summed E-state index contributed by atoms with van der Waals surface area (Å²) in [6, 6.07) is 12.3. The predicted molar refractivity (Wildman–Crippen MR) is 129 cm³/mol. The van der Waals surface area contributed by atoms with Crippen LogP contribution in [-0.4, -0.2) is 44.1 Å². The van der Waals surface area contributed by atoms with Crippen molar-refractivity contribution in [3.05, 3.63) is 89.8 Å². The normalized spacial score (nSPS) is 12.4. The average molecular weight is 468 g/mol. The van der Waals surface area contributed by atoms with Crippen LogP contribution in [-0.2, 0) is 11.3 Å². The third-order valence-corrected chi connectivity index (χ3v) is 5.91. The maximum absolute atomic E-state index is 13.4. The molecule has 1 amide bonds. The van der Waals surface area contributed by atoms with Gasteiger partial charge in [0.2, 0.25) is 0 Å². The number of rotatable bonds is 11. The van der Waals surface area contributed by atoms with E-state index in [0.717, 1.165) is 22.5 Å². The summed E-state index contributed by atoms with van der Waals surface area (Å²) in [6.07, 6.45) is 7.51. The Bertz CT molecular complexity index is 1100. The molecule has 2 N–H and O–H groups in total. The second-order valence-corrected chi connectivity index (χ2v) is 8.78. The molecule has 0 spiro atoms. The number of carboxylic acids is 1. The molecule has 0 unspecified atom stereocenters. The molecule has 0 aliphatic rings. The number of benzene rings is 2. The van der Waals surface area contributed by atoms with Crippen LogP contribution < -0.4 is 5.32 Å². The van der Waals surface area contributed by atoms with Crippen molar-refractivity contribution in [3.63, 3.8) is 0 Å². The van der Waals surface area contributed by atoms with E-state index in [-0.39, 0.29) is 5.82 Å². The Balaban J connectivity index is 1.83.